The number of carbonyl (C=O) groups is 4. The van der Waals surface area contributed by atoms with Crippen LogP contribution in [0, 0.1) is 11.8 Å². The zero-order valence-corrected chi connectivity index (χ0v) is 16.7. The van der Waals surface area contributed by atoms with E-state index < -0.39 is 5.97 Å². The first-order chi connectivity index (χ1) is 12.6. The third-order valence-corrected chi connectivity index (χ3v) is 3.70. The topological polar surface area (TPSA) is 104 Å². The fourth-order valence-corrected chi connectivity index (χ4v) is 2.24. The van der Waals surface area contributed by atoms with Crippen molar-refractivity contribution in [3.05, 3.63) is 24.3 Å². The molecule has 0 aliphatic carbocycles. The second kappa shape index (κ2) is 13.7. The molecule has 0 saturated heterocycles. The van der Waals surface area contributed by atoms with Gasteiger partial charge in [-0.2, -0.15) is 0 Å². The van der Waals surface area contributed by atoms with E-state index in [-0.39, 0.29) is 17.7 Å². The summed E-state index contributed by atoms with van der Waals surface area (Å²) in [6, 6.07) is 0. The van der Waals surface area contributed by atoms with Crippen LogP contribution in [-0.4, -0.2) is 46.8 Å². The molecule has 2 N–H and O–H groups in total. The van der Waals surface area contributed by atoms with Gasteiger partial charge in [0.05, 0.1) is 0 Å². The van der Waals surface area contributed by atoms with Gasteiger partial charge in [-0.25, -0.2) is 4.79 Å². The molecule has 0 aromatic rings. The van der Waals surface area contributed by atoms with Crippen molar-refractivity contribution in [2.75, 3.05) is 13.1 Å². The van der Waals surface area contributed by atoms with Gasteiger partial charge >= 0.3 is 5.97 Å². The van der Waals surface area contributed by atoms with Gasteiger partial charge in [0.1, 0.15) is 0 Å². The van der Waals surface area contributed by atoms with E-state index in [4.69, 9.17) is 5.11 Å². The SMILES string of the molecule is CC(C)CCCN1C(=O)C=CC1=O.CC(C)CCCNC(=O)/C=C/C(=O)O. The standard InChI is InChI=1S/C10H17NO3.C10H15NO2/c1-8(2)4-3-7-11-9(12)5-6-10(13)14;1-8(2)4-3-7-11-9(12)5-6-10(11)13/h5-6,8H,3-4,7H2,1-2H3,(H,11,12)(H,13,14);5-6,8H,3-4,7H2,1-2H3/b6-5+;. The first-order valence-electron chi connectivity index (χ1n) is 9.35. The lowest BCUT2D eigenvalue weighted by Gasteiger charge is -2.13. The van der Waals surface area contributed by atoms with Gasteiger partial charge in [-0.05, 0) is 37.5 Å². The van der Waals surface area contributed by atoms with E-state index in [1.165, 1.54) is 17.1 Å². The van der Waals surface area contributed by atoms with Crippen molar-refractivity contribution in [3.63, 3.8) is 0 Å². The van der Waals surface area contributed by atoms with Crippen molar-refractivity contribution >= 4 is 23.7 Å². The Morgan fingerprint density at radius 3 is 2.00 bits per heavy atom. The van der Waals surface area contributed by atoms with Crippen LogP contribution in [0.15, 0.2) is 24.3 Å². The second-order valence-electron chi connectivity index (χ2n) is 7.20. The van der Waals surface area contributed by atoms with Crippen molar-refractivity contribution in [1.82, 2.24) is 10.2 Å². The Kier molecular flexibility index (Phi) is 12.5. The number of imide groups is 1. The first-order valence-corrected chi connectivity index (χ1v) is 9.35. The predicted octanol–water partition coefficient (Wildman–Crippen LogP) is 2.53. The zero-order chi connectivity index (χ0) is 20.8. The summed E-state index contributed by atoms with van der Waals surface area (Å²) in [7, 11) is 0. The Morgan fingerprint density at radius 2 is 1.52 bits per heavy atom. The molecule has 7 nitrogen and oxygen atoms in total. The van der Waals surface area contributed by atoms with Gasteiger partial charge < -0.3 is 10.4 Å². The summed E-state index contributed by atoms with van der Waals surface area (Å²) in [5, 5.41) is 10.8. The van der Waals surface area contributed by atoms with Crippen LogP contribution in [0.2, 0.25) is 0 Å². The number of hydrogen-bond acceptors (Lipinski definition) is 4. The molecule has 0 spiro atoms. The third kappa shape index (κ3) is 13.4. The molecular weight excluding hydrogens is 348 g/mol. The van der Waals surface area contributed by atoms with E-state index in [0.717, 1.165) is 37.8 Å². The smallest absolute Gasteiger partial charge is 0.328 e. The minimum Gasteiger partial charge on any atom is -0.478 e. The highest BCUT2D eigenvalue weighted by atomic mass is 16.4. The number of nitrogens with one attached hydrogen (secondary N) is 1. The predicted molar refractivity (Wildman–Crippen MR) is 104 cm³/mol. The van der Waals surface area contributed by atoms with Gasteiger partial charge in [0, 0.05) is 37.4 Å². The van der Waals surface area contributed by atoms with Crippen molar-refractivity contribution in [2.24, 2.45) is 11.8 Å². The molecule has 0 atom stereocenters. The Labute approximate surface area is 161 Å². The van der Waals surface area contributed by atoms with Gasteiger partial charge in [-0.15, -0.1) is 0 Å². The number of rotatable bonds is 10. The molecule has 0 fully saturated rings. The molecule has 27 heavy (non-hydrogen) atoms. The Morgan fingerprint density at radius 1 is 1.00 bits per heavy atom. The van der Waals surface area contributed by atoms with Crippen LogP contribution in [0.5, 0.6) is 0 Å². The monoisotopic (exact) mass is 380 g/mol. The van der Waals surface area contributed by atoms with E-state index in [9.17, 15) is 19.2 Å². The summed E-state index contributed by atoms with van der Waals surface area (Å²) in [6.45, 7) is 9.65. The maximum atomic E-state index is 11.1. The number of carbonyl (C=O) groups excluding carboxylic acids is 3. The van der Waals surface area contributed by atoms with Crippen molar-refractivity contribution in [2.45, 2.75) is 53.4 Å². The minimum absolute atomic E-state index is 0.172. The maximum absolute atomic E-state index is 11.1. The summed E-state index contributed by atoms with van der Waals surface area (Å²) >= 11 is 0. The lowest BCUT2D eigenvalue weighted by molar-refractivity contribution is -0.137. The van der Waals surface area contributed by atoms with Gasteiger partial charge in [-0.3, -0.25) is 19.3 Å². The lowest BCUT2D eigenvalue weighted by atomic mass is 10.1. The van der Waals surface area contributed by atoms with E-state index in [0.29, 0.717) is 24.9 Å². The van der Waals surface area contributed by atoms with Crippen LogP contribution in [-0.2, 0) is 19.2 Å². The summed E-state index contributed by atoms with van der Waals surface area (Å²) in [6.07, 6.45) is 8.45. The molecule has 1 aliphatic rings. The zero-order valence-electron chi connectivity index (χ0n) is 16.7. The minimum atomic E-state index is -1.11. The quantitative estimate of drug-likeness (QED) is 0.344. The largest absolute Gasteiger partial charge is 0.478 e. The van der Waals surface area contributed by atoms with E-state index in [1.807, 2.05) is 0 Å². The van der Waals surface area contributed by atoms with Crippen LogP contribution < -0.4 is 5.32 Å². The molecule has 0 aromatic heterocycles. The van der Waals surface area contributed by atoms with Crippen LogP contribution in [0.4, 0.5) is 0 Å². The molecule has 1 rings (SSSR count). The number of amides is 3. The van der Waals surface area contributed by atoms with E-state index in [1.54, 1.807) is 0 Å². The highest BCUT2D eigenvalue weighted by molar-refractivity contribution is 6.12. The number of hydrogen-bond donors (Lipinski definition) is 2. The number of nitrogens with zero attached hydrogens (tertiary/aromatic N) is 1. The van der Waals surface area contributed by atoms with Crippen LogP contribution in [0.25, 0.3) is 0 Å². The first kappa shape index (κ1) is 24.6. The molecular formula is C20H32N2O5. The van der Waals surface area contributed by atoms with Gasteiger partial charge in [0.2, 0.25) is 5.91 Å². The summed E-state index contributed by atoms with van der Waals surface area (Å²) in [5.41, 5.74) is 0. The summed E-state index contributed by atoms with van der Waals surface area (Å²) < 4.78 is 0. The highest BCUT2D eigenvalue weighted by Crippen LogP contribution is 2.08. The summed E-state index contributed by atoms with van der Waals surface area (Å²) in [4.78, 5) is 44.4. The Bertz CT molecular complexity index is 547. The fourth-order valence-electron chi connectivity index (χ4n) is 2.24. The molecule has 0 saturated carbocycles. The normalized spacial score (nSPS) is 13.5. The summed E-state index contributed by atoms with van der Waals surface area (Å²) in [5.74, 6) is -0.553. The van der Waals surface area contributed by atoms with Crippen LogP contribution >= 0.6 is 0 Å². The molecule has 1 aliphatic heterocycles. The molecule has 3 amide bonds. The molecule has 0 aromatic carbocycles. The van der Waals surface area contributed by atoms with Gasteiger partial charge in [0.25, 0.3) is 11.8 Å². The van der Waals surface area contributed by atoms with Crippen LogP contribution in [0.1, 0.15) is 53.4 Å². The maximum Gasteiger partial charge on any atom is 0.328 e. The molecule has 152 valence electrons. The molecule has 0 unspecified atom stereocenters. The van der Waals surface area contributed by atoms with Gasteiger partial charge in [0.15, 0.2) is 0 Å². The average molecular weight is 380 g/mol. The average Bonchev–Trinajstić information content (AvgIpc) is 2.89. The van der Waals surface area contributed by atoms with E-state index >= 15 is 0 Å². The van der Waals surface area contributed by atoms with Gasteiger partial charge in [-0.1, -0.05) is 27.7 Å². The third-order valence-electron chi connectivity index (χ3n) is 3.70. The molecule has 1 heterocycles. The lowest BCUT2D eigenvalue weighted by Crippen LogP contribution is -2.30. The molecule has 0 bridgehead atoms. The van der Waals surface area contributed by atoms with Crippen molar-refractivity contribution < 1.29 is 24.3 Å². The Hall–Kier alpha value is -2.44. The van der Waals surface area contributed by atoms with E-state index in [2.05, 4.69) is 33.0 Å². The highest BCUT2D eigenvalue weighted by Gasteiger charge is 2.22. The fraction of sp³-hybridized carbons (Fsp3) is 0.600. The second-order valence-corrected chi connectivity index (χ2v) is 7.20. The molecule has 0 radical (unpaired) electrons. The van der Waals surface area contributed by atoms with Crippen molar-refractivity contribution in [3.8, 4) is 0 Å². The molecule has 7 heteroatoms. The van der Waals surface area contributed by atoms with Crippen LogP contribution in [0.3, 0.4) is 0 Å². The Balaban J connectivity index is 0.000000501. The number of carboxylic acid groups (broad SMARTS) is 1. The number of aliphatic carboxylic acids is 1. The van der Waals surface area contributed by atoms with Crippen molar-refractivity contribution in [1.29, 1.82) is 0 Å². The number of carboxylic acids is 1.